The third-order valence-corrected chi connectivity index (χ3v) is 18.0. The van der Waals surface area contributed by atoms with Gasteiger partial charge in [0.15, 0.2) is 0 Å². The maximum atomic E-state index is 6.94. The summed E-state index contributed by atoms with van der Waals surface area (Å²) >= 11 is 4.36. The molecule has 10 aromatic carbocycles. The number of imidazole rings is 1. The van der Waals surface area contributed by atoms with Crippen LogP contribution >= 0.6 is 11.8 Å². The number of benzene rings is 10. The molecule has 0 atom stereocenters. The molecule has 0 fully saturated rings. The number of para-hydroxylation sites is 3. The Morgan fingerprint density at radius 1 is 0.474 bits per heavy atom. The van der Waals surface area contributed by atoms with Gasteiger partial charge in [0.05, 0.1) is 5.41 Å². The van der Waals surface area contributed by atoms with Crippen molar-refractivity contribution >= 4 is 44.6 Å². The summed E-state index contributed by atoms with van der Waals surface area (Å²) in [6.07, 6.45) is 1.95. The van der Waals surface area contributed by atoms with Crippen LogP contribution in [-0.4, -0.2) is 18.7 Å². The van der Waals surface area contributed by atoms with Crippen LogP contribution in [0, 0.1) is 15.9 Å². The van der Waals surface area contributed by atoms with E-state index in [-0.39, 0.29) is 5.41 Å². The van der Waals surface area contributed by atoms with Crippen molar-refractivity contribution in [2.45, 2.75) is 41.4 Å². The molecule has 15 rings (SSSR count). The molecule has 5 nitrogen and oxygen atoms in total. The predicted molar refractivity (Wildman–Crippen MR) is 313 cm³/mol. The molecule has 0 saturated carbocycles. The zero-order valence-corrected chi connectivity index (χ0v) is 46.0. The van der Waals surface area contributed by atoms with E-state index in [0.717, 1.165) is 76.1 Å². The fourth-order valence-corrected chi connectivity index (χ4v) is 14.6. The number of rotatable bonds is 7. The molecule has 376 valence electrons. The molecular formula is C71H48N4OPtS-2. The number of fused-ring (bicyclic) bond motifs is 13. The fraction of sp³-hybridized carbons (Fsp3) is 0.0704. The third-order valence-electron chi connectivity index (χ3n) is 15.8. The van der Waals surface area contributed by atoms with Gasteiger partial charge < -0.3 is 0 Å². The van der Waals surface area contributed by atoms with Crippen molar-refractivity contribution in [1.29, 1.82) is 0 Å². The minimum absolute atomic E-state index is 0.104. The van der Waals surface area contributed by atoms with E-state index in [1.165, 1.54) is 48.7 Å². The van der Waals surface area contributed by atoms with Gasteiger partial charge in [-0.2, -0.15) is 0 Å². The van der Waals surface area contributed by atoms with Crippen LogP contribution in [0.3, 0.4) is 0 Å². The van der Waals surface area contributed by atoms with E-state index in [1.807, 2.05) is 30.1 Å². The smallest absolute Gasteiger partial charge is 0.0894 e. The zero-order valence-electron chi connectivity index (χ0n) is 42.9. The topological polar surface area (TPSA) is 36.9 Å². The minimum atomic E-state index is -0.531. The Bertz CT molecular complexity index is 4540. The molecule has 3 aromatic heterocycles. The summed E-state index contributed by atoms with van der Waals surface area (Å²) in [5.74, 6) is 2.00. The van der Waals surface area contributed by atoms with Crippen LogP contribution in [0.2, 0.25) is 0 Å². The number of nitrogens with zero attached hydrogens (tertiary/aromatic N) is 4. The number of pyridine rings is 1. The van der Waals surface area contributed by atoms with Crippen molar-refractivity contribution in [2.24, 2.45) is 0 Å². The second-order valence-electron chi connectivity index (χ2n) is 21.2. The zero-order chi connectivity index (χ0) is 52.3. The average molecular weight is 1200 g/mol. The van der Waals surface area contributed by atoms with Gasteiger partial charge in [-0.25, -0.2) is 0 Å². The van der Waals surface area contributed by atoms with Crippen LogP contribution < -0.4 is 4.74 Å². The SMILES string of the molecule is CC(C)(C)c1ccnc(-n2c3[c-]c(Oc4[c-]c(-n5[c](=[Pt])n(-c6c(-c7ccccc7)cccc6-c6ccccc6)c6ccccc65)ccc4)ccc3c3cc4c(cc32)C2(c3ccccc3Sc3ccccc32)c2ccccc2-4)c1. The predicted octanol–water partition coefficient (Wildman–Crippen LogP) is 17.8. The van der Waals surface area contributed by atoms with E-state index in [9.17, 15) is 0 Å². The molecule has 0 N–H and O–H groups in total. The summed E-state index contributed by atoms with van der Waals surface area (Å²) in [6, 6.07) is 90.8. The number of ether oxygens (including phenoxy) is 1. The van der Waals surface area contributed by atoms with Crippen molar-refractivity contribution in [3.05, 3.63) is 280 Å². The van der Waals surface area contributed by atoms with Gasteiger partial charge in [0.25, 0.3) is 0 Å². The van der Waals surface area contributed by atoms with Crippen LogP contribution in [0.4, 0.5) is 0 Å². The molecule has 1 aliphatic heterocycles. The molecule has 13 aromatic rings. The molecular weight excluding hydrogens is 1150 g/mol. The maximum absolute atomic E-state index is 6.94. The van der Waals surface area contributed by atoms with Gasteiger partial charge in [0.1, 0.15) is 0 Å². The Balaban J connectivity index is 0.906. The molecule has 1 spiro atoms. The van der Waals surface area contributed by atoms with Crippen molar-refractivity contribution < 1.29 is 24.1 Å². The van der Waals surface area contributed by atoms with E-state index in [1.54, 1.807) is 0 Å². The van der Waals surface area contributed by atoms with Crippen LogP contribution in [0.25, 0.3) is 83.4 Å². The van der Waals surface area contributed by atoms with E-state index >= 15 is 0 Å². The summed E-state index contributed by atoms with van der Waals surface area (Å²) in [5, 5.41) is 2.20. The van der Waals surface area contributed by atoms with Gasteiger partial charge in [-0.3, -0.25) is 0 Å². The van der Waals surface area contributed by atoms with Gasteiger partial charge in [0, 0.05) is 16.0 Å². The summed E-state index contributed by atoms with van der Waals surface area (Å²) in [6.45, 7) is 6.77. The molecule has 1 aliphatic carbocycles. The van der Waals surface area contributed by atoms with Crippen LogP contribution in [-0.2, 0) is 30.2 Å². The first-order valence-corrected chi connectivity index (χ1v) is 28.3. The Morgan fingerprint density at radius 2 is 1.06 bits per heavy atom. The molecule has 0 unspecified atom stereocenters. The monoisotopic (exact) mass is 1200 g/mol. The van der Waals surface area contributed by atoms with Crippen LogP contribution in [0.5, 0.6) is 11.5 Å². The molecule has 0 radical (unpaired) electrons. The molecule has 2 aliphatic rings. The number of aromatic nitrogens is 4. The molecule has 0 bridgehead atoms. The molecule has 78 heavy (non-hydrogen) atoms. The Morgan fingerprint density at radius 3 is 1.76 bits per heavy atom. The van der Waals surface area contributed by atoms with Crippen LogP contribution in [0.15, 0.2) is 247 Å². The molecule has 4 heterocycles. The normalized spacial score (nSPS) is 13.2. The van der Waals surface area contributed by atoms with Crippen molar-refractivity contribution in [3.63, 3.8) is 0 Å². The summed E-state index contributed by atoms with van der Waals surface area (Å²) in [5.41, 5.74) is 18.9. The van der Waals surface area contributed by atoms with Gasteiger partial charge >= 0.3 is 294 Å². The third kappa shape index (κ3) is 7.13. The standard InChI is InChI=1S/C71H48N4OS.Pt/c1-70(2,3)48-38-39-72-68(40-48)75-64-42-51(36-37-55(64)57-43-56-54-26-10-11-29-58(54)71(61(56)44-65(57)75)59-30-12-16-34-66(59)77-67-35-17-13-31-60(67)71)76-50-25-18-24-49(41-50)73-45-74(63-33-15-14-32-62(63)73)69-52(46-20-6-4-7-21-46)27-19-28-53(69)47-22-8-5-9-23-47;/h4-40,43-44H,1-3H3;/q-2;. The quantitative estimate of drug-likeness (QED) is 0.149. The van der Waals surface area contributed by atoms with E-state index in [2.05, 4.69) is 284 Å². The molecule has 0 saturated heterocycles. The second-order valence-corrected chi connectivity index (χ2v) is 23.3. The van der Waals surface area contributed by atoms with Gasteiger partial charge in [-0.15, -0.1) is 0 Å². The minimum Gasteiger partial charge on any atom is -0.0894 e. The van der Waals surface area contributed by atoms with Crippen LogP contribution in [0.1, 0.15) is 48.6 Å². The van der Waals surface area contributed by atoms with Crippen molar-refractivity contribution in [2.75, 3.05) is 0 Å². The Labute approximate surface area is 468 Å². The first-order chi connectivity index (χ1) is 38.2. The van der Waals surface area contributed by atoms with Gasteiger partial charge in [0.2, 0.25) is 0 Å². The fourth-order valence-electron chi connectivity index (χ4n) is 12.4. The Hall–Kier alpha value is -8.54. The van der Waals surface area contributed by atoms with Gasteiger partial charge in [-0.1, -0.05) is 93.2 Å². The molecule has 7 heteroatoms. The second kappa shape index (κ2) is 18.0. The van der Waals surface area contributed by atoms with E-state index < -0.39 is 5.41 Å². The Kier molecular flexibility index (Phi) is 10.8. The summed E-state index contributed by atoms with van der Waals surface area (Å²) in [4.78, 5) is 7.71. The molecule has 0 amide bonds. The average Bonchev–Trinajstić information content (AvgIpc) is 4.10. The van der Waals surface area contributed by atoms with Crippen molar-refractivity contribution in [3.8, 4) is 62.1 Å². The van der Waals surface area contributed by atoms with E-state index in [0.29, 0.717) is 11.5 Å². The summed E-state index contributed by atoms with van der Waals surface area (Å²) in [7, 11) is 0. The van der Waals surface area contributed by atoms with Gasteiger partial charge in [-0.05, 0) is 62.6 Å². The first kappa shape index (κ1) is 46.7. The van der Waals surface area contributed by atoms with Crippen molar-refractivity contribution in [1.82, 2.24) is 18.7 Å². The number of hydrogen-bond donors (Lipinski definition) is 0. The number of hydrogen-bond acceptors (Lipinski definition) is 3. The first-order valence-electron chi connectivity index (χ1n) is 26.4. The van der Waals surface area contributed by atoms with E-state index in [4.69, 9.17) is 9.72 Å². The summed E-state index contributed by atoms with van der Waals surface area (Å²) < 4.78 is 14.9.